The molecule has 1 saturated heterocycles. The molecule has 2 aromatic heterocycles. The first-order chi connectivity index (χ1) is 14.0. The van der Waals surface area contributed by atoms with Crippen molar-refractivity contribution < 1.29 is 4.79 Å². The number of carbonyl (C=O) groups excluding carboxylic acids is 1. The molecule has 1 aromatic carbocycles. The predicted molar refractivity (Wildman–Crippen MR) is 110 cm³/mol. The van der Waals surface area contributed by atoms with Crippen molar-refractivity contribution >= 4 is 17.1 Å². The highest BCUT2D eigenvalue weighted by atomic mass is 16.2. The fraction of sp³-hybridized carbons (Fsp3) is 0.476. The molecule has 1 fully saturated rings. The molecule has 4 rings (SSSR count). The predicted octanol–water partition coefficient (Wildman–Crippen LogP) is 2.38. The zero-order valence-electron chi connectivity index (χ0n) is 16.9. The molecule has 0 aliphatic carbocycles. The van der Waals surface area contributed by atoms with Gasteiger partial charge < -0.3 is 9.88 Å². The first-order valence-corrected chi connectivity index (χ1v) is 10.2. The van der Waals surface area contributed by atoms with Crippen LogP contribution in [0.1, 0.15) is 55.5 Å². The summed E-state index contributed by atoms with van der Waals surface area (Å²) in [6.07, 6.45) is 3.19. The van der Waals surface area contributed by atoms with Crippen LogP contribution in [-0.2, 0) is 11.3 Å². The van der Waals surface area contributed by atoms with Crippen molar-refractivity contribution in [2.24, 2.45) is 0 Å². The van der Waals surface area contributed by atoms with Gasteiger partial charge in [-0.3, -0.25) is 9.59 Å². The van der Waals surface area contributed by atoms with E-state index in [0.717, 1.165) is 31.4 Å². The Morgan fingerprint density at radius 1 is 1.28 bits per heavy atom. The second-order valence-electron chi connectivity index (χ2n) is 7.78. The summed E-state index contributed by atoms with van der Waals surface area (Å²) in [4.78, 5) is 34.4. The standard InChI is InChI=1S/C21H26N6O2/c1-3-5-17(28)26-11-4-6-16(13-26)19-22-20-18(21(29)23-19)24-25-27(20)12-15-9-7-14(2)8-10-15/h7-10,16H,3-6,11-13H2,1-2H3,(H,22,23,29)/t16-/m0/s1. The molecule has 0 radical (unpaired) electrons. The van der Waals surface area contributed by atoms with Gasteiger partial charge in [-0.2, -0.15) is 0 Å². The van der Waals surface area contributed by atoms with Crippen molar-refractivity contribution in [2.45, 2.75) is 52.0 Å². The second kappa shape index (κ2) is 8.14. The van der Waals surface area contributed by atoms with Gasteiger partial charge in [0.15, 0.2) is 11.2 Å². The second-order valence-corrected chi connectivity index (χ2v) is 7.78. The van der Waals surface area contributed by atoms with Crippen molar-refractivity contribution in [3.8, 4) is 0 Å². The summed E-state index contributed by atoms with van der Waals surface area (Å²) < 4.78 is 1.67. The van der Waals surface area contributed by atoms with E-state index in [9.17, 15) is 9.59 Å². The molecular formula is C21H26N6O2. The maximum Gasteiger partial charge on any atom is 0.281 e. The Morgan fingerprint density at radius 3 is 2.83 bits per heavy atom. The first-order valence-electron chi connectivity index (χ1n) is 10.2. The van der Waals surface area contributed by atoms with E-state index in [1.54, 1.807) is 4.68 Å². The number of hydrogen-bond donors (Lipinski definition) is 1. The number of hydrogen-bond acceptors (Lipinski definition) is 5. The van der Waals surface area contributed by atoms with Crippen LogP contribution in [0, 0.1) is 6.92 Å². The number of fused-ring (bicyclic) bond motifs is 1. The number of rotatable bonds is 5. The lowest BCUT2D eigenvalue weighted by atomic mass is 9.96. The summed E-state index contributed by atoms with van der Waals surface area (Å²) in [6.45, 7) is 5.91. The Labute approximate surface area is 168 Å². The molecule has 0 bridgehead atoms. The van der Waals surface area contributed by atoms with Gasteiger partial charge in [0.05, 0.1) is 6.54 Å². The molecule has 3 aromatic rings. The third kappa shape index (κ3) is 4.06. The molecule has 8 nitrogen and oxygen atoms in total. The number of nitrogens with zero attached hydrogens (tertiary/aromatic N) is 5. The monoisotopic (exact) mass is 394 g/mol. The SMILES string of the molecule is CCCC(=O)N1CCC[C@H](c2nc3c(nnn3Cc3ccc(C)cc3)c(=O)[nH]2)C1. The maximum absolute atomic E-state index is 12.6. The lowest BCUT2D eigenvalue weighted by Crippen LogP contribution is -2.39. The van der Waals surface area contributed by atoms with E-state index in [4.69, 9.17) is 4.98 Å². The minimum atomic E-state index is -0.280. The number of aromatic nitrogens is 5. The number of amides is 1. The molecule has 1 atom stereocenters. The van der Waals surface area contributed by atoms with Gasteiger partial charge >= 0.3 is 0 Å². The Balaban J connectivity index is 1.63. The van der Waals surface area contributed by atoms with Crippen molar-refractivity contribution in [1.82, 2.24) is 29.9 Å². The lowest BCUT2D eigenvalue weighted by molar-refractivity contribution is -0.132. The Bertz CT molecular complexity index is 1070. The number of benzene rings is 1. The van der Waals surface area contributed by atoms with Gasteiger partial charge in [0.1, 0.15) is 5.82 Å². The fourth-order valence-corrected chi connectivity index (χ4v) is 3.85. The van der Waals surface area contributed by atoms with E-state index in [2.05, 4.69) is 15.3 Å². The highest BCUT2D eigenvalue weighted by Gasteiger charge is 2.27. The number of nitrogens with one attached hydrogen (secondary N) is 1. The smallest absolute Gasteiger partial charge is 0.281 e. The number of H-pyrrole nitrogens is 1. The van der Waals surface area contributed by atoms with Crippen LogP contribution >= 0.6 is 0 Å². The summed E-state index contributed by atoms with van der Waals surface area (Å²) >= 11 is 0. The molecule has 0 spiro atoms. The number of aromatic amines is 1. The minimum Gasteiger partial charge on any atom is -0.342 e. The van der Waals surface area contributed by atoms with E-state index < -0.39 is 0 Å². The van der Waals surface area contributed by atoms with E-state index in [0.29, 0.717) is 31.0 Å². The van der Waals surface area contributed by atoms with Crippen LogP contribution in [0.2, 0.25) is 0 Å². The highest BCUT2D eigenvalue weighted by molar-refractivity contribution is 5.76. The van der Waals surface area contributed by atoms with Crippen molar-refractivity contribution in [3.63, 3.8) is 0 Å². The van der Waals surface area contributed by atoms with Crippen LogP contribution in [0.3, 0.4) is 0 Å². The van der Waals surface area contributed by atoms with E-state index in [1.807, 2.05) is 43.0 Å². The van der Waals surface area contributed by atoms with Crippen molar-refractivity contribution in [1.29, 1.82) is 0 Å². The van der Waals surface area contributed by atoms with E-state index in [1.165, 1.54) is 5.56 Å². The molecule has 1 aliphatic heterocycles. The molecule has 8 heteroatoms. The third-order valence-corrected chi connectivity index (χ3v) is 5.47. The fourth-order valence-electron chi connectivity index (χ4n) is 3.85. The molecule has 0 saturated carbocycles. The number of piperidine rings is 1. The zero-order chi connectivity index (χ0) is 20.4. The van der Waals surface area contributed by atoms with Crippen LogP contribution in [0.5, 0.6) is 0 Å². The molecule has 1 aliphatic rings. The molecule has 1 N–H and O–H groups in total. The number of aryl methyl sites for hydroxylation is 1. The Morgan fingerprint density at radius 2 is 2.07 bits per heavy atom. The average molecular weight is 394 g/mol. The zero-order valence-corrected chi connectivity index (χ0v) is 16.9. The summed E-state index contributed by atoms with van der Waals surface area (Å²) in [5.41, 5.74) is 2.71. The summed E-state index contributed by atoms with van der Waals surface area (Å²) in [7, 11) is 0. The summed E-state index contributed by atoms with van der Waals surface area (Å²) in [6, 6.07) is 8.17. The van der Waals surface area contributed by atoms with Gasteiger partial charge in [-0.1, -0.05) is 42.0 Å². The highest BCUT2D eigenvalue weighted by Crippen LogP contribution is 2.25. The molecular weight excluding hydrogens is 368 g/mol. The van der Waals surface area contributed by atoms with Gasteiger partial charge in [0.25, 0.3) is 5.56 Å². The largest absolute Gasteiger partial charge is 0.342 e. The quantitative estimate of drug-likeness (QED) is 0.717. The Hall–Kier alpha value is -3.03. The van der Waals surface area contributed by atoms with Crippen molar-refractivity contribution in [2.75, 3.05) is 13.1 Å². The average Bonchev–Trinajstić information content (AvgIpc) is 3.13. The lowest BCUT2D eigenvalue weighted by Gasteiger charge is -2.32. The molecule has 3 heterocycles. The van der Waals surface area contributed by atoms with Crippen LogP contribution in [0.4, 0.5) is 0 Å². The minimum absolute atomic E-state index is 0.0179. The van der Waals surface area contributed by atoms with E-state index in [-0.39, 0.29) is 22.9 Å². The van der Waals surface area contributed by atoms with Crippen LogP contribution in [0.25, 0.3) is 11.2 Å². The first kappa shape index (κ1) is 19.3. The third-order valence-electron chi connectivity index (χ3n) is 5.47. The van der Waals surface area contributed by atoms with Gasteiger partial charge in [0.2, 0.25) is 5.91 Å². The Kier molecular flexibility index (Phi) is 5.42. The summed E-state index contributed by atoms with van der Waals surface area (Å²) in [5, 5.41) is 8.18. The summed E-state index contributed by atoms with van der Waals surface area (Å²) in [5.74, 6) is 0.806. The van der Waals surface area contributed by atoms with Gasteiger partial charge in [-0.15, -0.1) is 5.10 Å². The molecule has 152 valence electrons. The maximum atomic E-state index is 12.6. The van der Waals surface area contributed by atoms with Gasteiger partial charge in [0, 0.05) is 25.4 Å². The van der Waals surface area contributed by atoms with Gasteiger partial charge in [-0.25, -0.2) is 9.67 Å². The van der Waals surface area contributed by atoms with Crippen LogP contribution < -0.4 is 5.56 Å². The van der Waals surface area contributed by atoms with Crippen LogP contribution in [-0.4, -0.2) is 48.9 Å². The topological polar surface area (TPSA) is 96.8 Å². The molecule has 29 heavy (non-hydrogen) atoms. The van der Waals surface area contributed by atoms with E-state index >= 15 is 0 Å². The number of likely N-dealkylation sites (tertiary alicyclic amines) is 1. The van der Waals surface area contributed by atoms with Gasteiger partial charge in [-0.05, 0) is 31.7 Å². The number of carbonyl (C=O) groups is 1. The van der Waals surface area contributed by atoms with Crippen molar-refractivity contribution in [3.05, 3.63) is 51.6 Å². The van der Waals surface area contributed by atoms with Crippen LogP contribution in [0.15, 0.2) is 29.1 Å². The molecule has 0 unspecified atom stereocenters. The molecule has 1 amide bonds. The normalized spacial score (nSPS) is 17.0.